The van der Waals surface area contributed by atoms with Crippen LogP contribution in [-0.2, 0) is 6.54 Å². The minimum atomic E-state index is -0.273. The van der Waals surface area contributed by atoms with Crippen LogP contribution in [0.1, 0.15) is 11.1 Å². The van der Waals surface area contributed by atoms with Gasteiger partial charge < -0.3 is 15.1 Å². The molecule has 0 saturated heterocycles. The van der Waals surface area contributed by atoms with Crippen molar-refractivity contribution in [2.45, 2.75) is 13.5 Å². The normalized spacial score (nSPS) is 10.9. The Hall–Kier alpha value is -4.39. The van der Waals surface area contributed by atoms with Gasteiger partial charge in [-0.3, -0.25) is 5.10 Å². The van der Waals surface area contributed by atoms with Crippen LogP contribution in [0.3, 0.4) is 0 Å². The summed E-state index contributed by atoms with van der Waals surface area (Å²) in [6.45, 7) is 2.47. The SMILES string of the molecule is Cc1ccc2nc(-c3cn[nH]c3-c3cccc(NC(=O)NCc4ccccc4)c3)oc2c1. The first kappa shape index (κ1) is 19.6. The molecule has 5 rings (SSSR count). The summed E-state index contributed by atoms with van der Waals surface area (Å²) >= 11 is 0. The minimum absolute atomic E-state index is 0.273. The van der Waals surface area contributed by atoms with E-state index in [0.29, 0.717) is 18.1 Å². The largest absolute Gasteiger partial charge is 0.436 e. The van der Waals surface area contributed by atoms with Crippen LogP contribution >= 0.6 is 0 Å². The van der Waals surface area contributed by atoms with Crippen molar-refractivity contribution in [2.75, 3.05) is 5.32 Å². The molecule has 0 spiro atoms. The molecule has 0 unspecified atom stereocenters. The molecule has 5 aromatic rings. The quantitative estimate of drug-likeness (QED) is 0.347. The second-order valence-electron chi connectivity index (χ2n) is 7.52. The molecule has 0 fully saturated rings. The number of carbonyl (C=O) groups excluding carboxylic acids is 1. The highest BCUT2D eigenvalue weighted by atomic mass is 16.3. The molecule has 3 N–H and O–H groups in total. The van der Waals surface area contributed by atoms with Gasteiger partial charge in [0, 0.05) is 17.8 Å². The van der Waals surface area contributed by atoms with Crippen LogP contribution in [0.15, 0.2) is 83.4 Å². The number of anilines is 1. The van der Waals surface area contributed by atoms with Crippen LogP contribution in [0.2, 0.25) is 0 Å². The number of aromatic nitrogens is 3. The zero-order valence-corrected chi connectivity index (χ0v) is 17.4. The maximum atomic E-state index is 12.3. The van der Waals surface area contributed by atoms with Gasteiger partial charge in [0.1, 0.15) is 5.52 Å². The maximum absolute atomic E-state index is 12.3. The van der Waals surface area contributed by atoms with Crippen molar-refractivity contribution < 1.29 is 9.21 Å². The summed E-state index contributed by atoms with van der Waals surface area (Å²) in [5, 5.41) is 13.0. The number of benzene rings is 3. The fourth-order valence-corrected chi connectivity index (χ4v) is 3.52. The third kappa shape index (κ3) is 4.09. The Morgan fingerprint density at radius 2 is 1.91 bits per heavy atom. The number of oxazole rings is 1. The first-order valence-electron chi connectivity index (χ1n) is 10.3. The molecule has 2 aromatic heterocycles. The van der Waals surface area contributed by atoms with E-state index in [2.05, 4.69) is 25.8 Å². The summed E-state index contributed by atoms with van der Waals surface area (Å²) in [4.78, 5) is 16.9. The number of hydrogen-bond acceptors (Lipinski definition) is 4. The molecule has 0 atom stereocenters. The lowest BCUT2D eigenvalue weighted by molar-refractivity contribution is 0.251. The Morgan fingerprint density at radius 1 is 1.03 bits per heavy atom. The zero-order chi connectivity index (χ0) is 21.9. The highest BCUT2D eigenvalue weighted by Crippen LogP contribution is 2.32. The average molecular weight is 423 g/mol. The molecule has 0 radical (unpaired) electrons. The zero-order valence-electron chi connectivity index (χ0n) is 17.4. The van der Waals surface area contributed by atoms with Gasteiger partial charge in [0.25, 0.3) is 0 Å². The first-order chi connectivity index (χ1) is 15.7. The predicted molar refractivity (Wildman–Crippen MR) is 124 cm³/mol. The van der Waals surface area contributed by atoms with Gasteiger partial charge in [-0.05, 0) is 42.3 Å². The van der Waals surface area contributed by atoms with Gasteiger partial charge in [-0.25, -0.2) is 9.78 Å². The molecule has 0 aliphatic heterocycles. The molecule has 158 valence electrons. The minimum Gasteiger partial charge on any atom is -0.436 e. The van der Waals surface area contributed by atoms with Crippen LogP contribution in [-0.4, -0.2) is 21.2 Å². The summed E-state index contributed by atoms with van der Waals surface area (Å²) in [5.41, 5.74) is 6.72. The van der Waals surface area contributed by atoms with Gasteiger partial charge in [0.05, 0.1) is 17.5 Å². The van der Waals surface area contributed by atoms with Gasteiger partial charge in [-0.2, -0.15) is 5.10 Å². The topological polar surface area (TPSA) is 95.8 Å². The lowest BCUT2D eigenvalue weighted by Crippen LogP contribution is -2.28. The number of amides is 2. The van der Waals surface area contributed by atoms with Crippen molar-refractivity contribution in [1.82, 2.24) is 20.5 Å². The molecular weight excluding hydrogens is 402 g/mol. The Balaban J connectivity index is 1.36. The summed E-state index contributed by atoms with van der Waals surface area (Å²) in [7, 11) is 0. The molecule has 0 aliphatic carbocycles. The van der Waals surface area contributed by atoms with Gasteiger partial charge in [-0.1, -0.05) is 48.5 Å². The van der Waals surface area contributed by atoms with E-state index in [1.807, 2.05) is 79.7 Å². The number of nitrogens with one attached hydrogen (secondary N) is 3. The molecule has 0 saturated carbocycles. The number of rotatable bonds is 5. The standard InChI is InChI=1S/C25H21N5O2/c1-16-10-11-21-22(12-16)32-24(29-21)20-15-27-30-23(20)18-8-5-9-19(13-18)28-25(31)26-14-17-6-3-2-4-7-17/h2-13,15H,14H2,1H3,(H,27,30)(H2,26,28,31). The number of aromatic amines is 1. The second kappa shape index (κ2) is 8.39. The molecule has 32 heavy (non-hydrogen) atoms. The summed E-state index contributed by atoms with van der Waals surface area (Å²) in [6, 6.07) is 22.9. The summed E-state index contributed by atoms with van der Waals surface area (Å²) < 4.78 is 5.97. The fraction of sp³-hybridized carbons (Fsp3) is 0.0800. The number of carbonyl (C=O) groups is 1. The first-order valence-corrected chi connectivity index (χ1v) is 10.3. The molecule has 7 nitrogen and oxygen atoms in total. The Kier molecular flexibility index (Phi) is 5.13. The Morgan fingerprint density at radius 3 is 2.78 bits per heavy atom. The van der Waals surface area contributed by atoms with Gasteiger partial charge >= 0.3 is 6.03 Å². The molecule has 0 bridgehead atoms. The van der Waals surface area contributed by atoms with E-state index in [4.69, 9.17) is 4.42 Å². The molecule has 3 aromatic carbocycles. The lowest BCUT2D eigenvalue weighted by Gasteiger charge is -2.09. The number of H-pyrrole nitrogens is 1. The number of fused-ring (bicyclic) bond motifs is 1. The molecule has 7 heteroatoms. The van der Waals surface area contributed by atoms with Gasteiger partial charge in [0.2, 0.25) is 5.89 Å². The molecule has 0 aliphatic rings. The van der Waals surface area contributed by atoms with Crippen LogP contribution in [0, 0.1) is 6.92 Å². The lowest BCUT2D eigenvalue weighted by atomic mass is 10.1. The van der Waals surface area contributed by atoms with Crippen LogP contribution in [0.4, 0.5) is 10.5 Å². The number of nitrogens with zero attached hydrogens (tertiary/aromatic N) is 2. The molecular formula is C25H21N5O2. The van der Waals surface area contributed by atoms with Crippen molar-refractivity contribution >= 4 is 22.8 Å². The highest BCUT2D eigenvalue weighted by Gasteiger charge is 2.16. The van der Waals surface area contributed by atoms with Crippen molar-refractivity contribution in [2.24, 2.45) is 0 Å². The summed E-state index contributed by atoms with van der Waals surface area (Å²) in [6.07, 6.45) is 1.69. The van der Waals surface area contributed by atoms with E-state index >= 15 is 0 Å². The molecule has 2 heterocycles. The van der Waals surface area contributed by atoms with E-state index in [1.54, 1.807) is 6.20 Å². The van der Waals surface area contributed by atoms with Gasteiger partial charge in [0.15, 0.2) is 5.58 Å². The van der Waals surface area contributed by atoms with E-state index in [0.717, 1.165) is 39.0 Å². The van der Waals surface area contributed by atoms with Crippen molar-refractivity contribution in [3.8, 4) is 22.7 Å². The number of urea groups is 1. The fourth-order valence-electron chi connectivity index (χ4n) is 3.52. The van der Waals surface area contributed by atoms with Gasteiger partial charge in [-0.15, -0.1) is 0 Å². The van der Waals surface area contributed by atoms with Crippen LogP contribution in [0.5, 0.6) is 0 Å². The monoisotopic (exact) mass is 423 g/mol. The number of hydrogen-bond donors (Lipinski definition) is 3. The van der Waals surface area contributed by atoms with Crippen LogP contribution in [0.25, 0.3) is 33.8 Å². The maximum Gasteiger partial charge on any atom is 0.319 e. The summed E-state index contributed by atoms with van der Waals surface area (Å²) in [5.74, 6) is 0.494. The second-order valence-corrected chi connectivity index (χ2v) is 7.52. The molecule has 2 amide bonds. The van der Waals surface area contributed by atoms with E-state index in [1.165, 1.54) is 0 Å². The average Bonchev–Trinajstić information content (AvgIpc) is 3.45. The Bertz CT molecular complexity index is 1390. The van der Waals surface area contributed by atoms with E-state index in [9.17, 15) is 4.79 Å². The highest BCUT2D eigenvalue weighted by molar-refractivity contribution is 5.90. The van der Waals surface area contributed by atoms with Crippen molar-refractivity contribution in [3.63, 3.8) is 0 Å². The van der Waals surface area contributed by atoms with Crippen LogP contribution < -0.4 is 10.6 Å². The Labute approximate surface area is 184 Å². The van der Waals surface area contributed by atoms with E-state index < -0.39 is 0 Å². The third-order valence-corrected chi connectivity index (χ3v) is 5.12. The van der Waals surface area contributed by atoms with Crippen molar-refractivity contribution in [1.29, 1.82) is 0 Å². The third-order valence-electron chi connectivity index (χ3n) is 5.12. The number of aryl methyl sites for hydroxylation is 1. The predicted octanol–water partition coefficient (Wildman–Crippen LogP) is 5.52. The smallest absolute Gasteiger partial charge is 0.319 e. The van der Waals surface area contributed by atoms with E-state index in [-0.39, 0.29) is 6.03 Å². The van der Waals surface area contributed by atoms with Crippen molar-refractivity contribution in [3.05, 3.63) is 90.1 Å².